The predicted octanol–water partition coefficient (Wildman–Crippen LogP) is 7.54. The van der Waals surface area contributed by atoms with Crippen molar-refractivity contribution in [1.82, 2.24) is 10.4 Å². The zero-order valence-electron chi connectivity index (χ0n) is 20.2. The van der Waals surface area contributed by atoms with Gasteiger partial charge in [-0.15, -0.1) is 0 Å². The van der Waals surface area contributed by atoms with E-state index in [0.717, 1.165) is 26.5 Å². The van der Waals surface area contributed by atoms with Gasteiger partial charge in [0.25, 0.3) is 5.91 Å². The summed E-state index contributed by atoms with van der Waals surface area (Å²) in [5.41, 5.74) is 7.03. The van der Waals surface area contributed by atoms with Gasteiger partial charge < -0.3 is 9.72 Å². The standard InChI is InChI=1S/C30H21BrClN3O3/c1-18-7-6-8-19(15-18)30(37)38-26-14-13-21(31)16-20(26)17-33-35-29(36)28-27(22-9-2-4-11-24(22)32)23-10-3-5-12-25(23)34-28/h2-17,34H,1H3,(H,35,36). The molecule has 2 N–H and O–H groups in total. The van der Waals surface area contributed by atoms with Gasteiger partial charge in [0.05, 0.1) is 11.8 Å². The van der Waals surface area contributed by atoms with Crippen LogP contribution in [0.15, 0.2) is 101 Å². The number of hydrazone groups is 1. The minimum Gasteiger partial charge on any atom is -0.422 e. The lowest BCUT2D eigenvalue weighted by atomic mass is 10.0. The molecule has 0 aliphatic rings. The normalized spacial score (nSPS) is 11.1. The van der Waals surface area contributed by atoms with Crippen LogP contribution in [0.4, 0.5) is 0 Å². The second-order valence-electron chi connectivity index (χ2n) is 8.54. The highest BCUT2D eigenvalue weighted by molar-refractivity contribution is 9.10. The van der Waals surface area contributed by atoms with E-state index in [2.05, 4.69) is 31.4 Å². The molecule has 1 amide bonds. The number of carbonyl (C=O) groups excluding carboxylic acids is 2. The molecule has 38 heavy (non-hydrogen) atoms. The number of amides is 1. The third-order valence-corrected chi connectivity index (χ3v) is 6.70. The molecule has 0 unspecified atom stereocenters. The Morgan fingerprint density at radius 2 is 1.76 bits per heavy atom. The molecular formula is C30H21BrClN3O3. The Labute approximate surface area is 232 Å². The van der Waals surface area contributed by atoms with Gasteiger partial charge in [0.2, 0.25) is 0 Å². The number of rotatable bonds is 6. The number of esters is 1. The van der Waals surface area contributed by atoms with E-state index in [4.69, 9.17) is 16.3 Å². The maximum absolute atomic E-state index is 13.3. The molecule has 8 heteroatoms. The van der Waals surface area contributed by atoms with Crippen LogP contribution >= 0.6 is 27.5 Å². The summed E-state index contributed by atoms with van der Waals surface area (Å²) >= 11 is 9.91. The number of carbonyl (C=O) groups is 2. The topological polar surface area (TPSA) is 83.5 Å². The van der Waals surface area contributed by atoms with Crippen molar-refractivity contribution in [3.63, 3.8) is 0 Å². The van der Waals surface area contributed by atoms with Crippen LogP contribution in [-0.4, -0.2) is 23.1 Å². The van der Waals surface area contributed by atoms with Gasteiger partial charge in [-0.3, -0.25) is 4.79 Å². The largest absolute Gasteiger partial charge is 0.422 e. The van der Waals surface area contributed by atoms with E-state index in [1.54, 1.807) is 42.5 Å². The van der Waals surface area contributed by atoms with E-state index in [-0.39, 0.29) is 0 Å². The van der Waals surface area contributed by atoms with Crippen LogP contribution in [0.3, 0.4) is 0 Å². The Morgan fingerprint density at radius 1 is 0.974 bits per heavy atom. The number of ether oxygens (including phenoxy) is 1. The van der Waals surface area contributed by atoms with Crippen LogP contribution in [0.1, 0.15) is 32.0 Å². The summed E-state index contributed by atoms with van der Waals surface area (Å²) in [5, 5.41) is 5.55. The summed E-state index contributed by atoms with van der Waals surface area (Å²) in [6.45, 7) is 1.90. The summed E-state index contributed by atoms with van der Waals surface area (Å²) in [6, 6.07) is 27.3. The summed E-state index contributed by atoms with van der Waals surface area (Å²) in [6.07, 6.45) is 1.43. The fourth-order valence-electron chi connectivity index (χ4n) is 4.12. The van der Waals surface area contributed by atoms with E-state index in [9.17, 15) is 9.59 Å². The number of fused-ring (bicyclic) bond motifs is 1. The smallest absolute Gasteiger partial charge is 0.343 e. The maximum Gasteiger partial charge on any atom is 0.343 e. The van der Waals surface area contributed by atoms with Gasteiger partial charge in [-0.2, -0.15) is 5.10 Å². The summed E-state index contributed by atoms with van der Waals surface area (Å²) in [7, 11) is 0. The zero-order chi connectivity index (χ0) is 26.6. The van der Waals surface area contributed by atoms with Gasteiger partial charge >= 0.3 is 5.97 Å². The number of halogens is 2. The number of aryl methyl sites for hydroxylation is 1. The number of aromatic nitrogens is 1. The van der Waals surface area contributed by atoms with Crippen LogP contribution in [-0.2, 0) is 0 Å². The lowest BCUT2D eigenvalue weighted by molar-refractivity contribution is 0.0734. The molecule has 0 aliphatic heterocycles. The minimum atomic E-state index is -0.489. The van der Waals surface area contributed by atoms with E-state index in [1.165, 1.54) is 6.21 Å². The second kappa shape index (κ2) is 11.0. The molecule has 1 aromatic heterocycles. The lowest BCUT2D eigenvalue weighted by Crippen LogP contribution is -2.19. The van der Waals surface area contributed by atoms with Crippen molar-refractivity contribution in [2.45, 2.75) is 6.92 Å². The highest BCUT2D eigenvalue weighted by Crippen LogP contribution is 2.36. The van der Waals surface area contributed by atoms with Crippen molar-refractivity contribution >= 4 is 56.5 Å². The van der Waals surface area contributed by atoms with Gasteiger partial charge in [-0.25, -0.2) is 10.2 Å². The summed E-state index contributed by atoms with van der Waals surface area (Å²) in [5.74, 6) is -0.627. The Balaban J connectivity index is 1.42. The first-order valence-corrected chi connectivity index (χ1v) is 12.9. The molecule has 0 bridgehead atoms. The van der Waals surface area contributed by atoms with Crippen molar-refractivity contribution in [2.75, 3.05) is 0 Å². The fourth-order valence-corrected chi connectivity index (χ4v) is 4.73. The number of hydrogen-bond donors (Lipinski definition) is 2. The molecular weight excluding hydrogens is 566 g/mol. The Bertz CT molecular complexity index is 1710. The van der Waals surface area contributed by atoms with Crippen LogP contribution in [0.5, 0.6) is 5.75 Å². The lowest BCUT2D eigenvalue weighted by Gasteiger charge is -2.09. The van der Waals surface area contributed by atoms with Gasteiger partial charge in [0.1, 0.15) is 11.4 Å². The number of H-pyrrole nitrogens is 1. The number of nitrogens with one attached hydrogen (secondary N) is 2. The predicted molar refractivity (Wildman–Crippen MR) is 154 cm³/mol. The van der Waals surface area contributed by atoms with Gasteiger partial charge in [0, 0.05) is 37.1 Å². The average molecular weight is 587 g/mol. The fraction of sp³-hybridized carbons (Fsp3) is 0.0333. The van der Waals surface area contributed by atoms with Crippen molar-refractivity contribution < 1.29 is 14.3 Å². The van der Waals surface area contributed by atoms with E-state index in [0.29, 0.717) is 33.2 Å². The highest BCUT2D eigenvalue weighted by atomic mass is 79.9. The Hall–Kier alpha value is -4.20. The van der Waals surface area contributed by atoms with Crippen LogP contribution < -0.4 is 10.2 Å². The zero-order valence-corrected chi connectivity index (χ0v) is 22.5. The molecule has 5 rings (SSSR count). The second-order valence-corrected chi connectivity index (χ2v) is 9.86. The van der Waals surface area contributed by atoms with Crippen molar-refractivity contribution in [1.29, 1.82) is 0 Å². The van der Waals surface area contributed by atoms with Crippen molar-refractivity contribution in [3.05, 3.63) is 123 Å². The first kappa shape index (κ1) is 25.4. The van der Waals surface area contributed by atoms with E-state index in [1.807, 2.05) is 55.5 Å². The minimum absolute atomic E-state index is 0.306. The first-order valence-electron chi connectivity index (χ1n) is 11.7. The SMILES string of the molecule is Cc1cccc(C(=O)Oc2ccc(Br)cc2C=NNC(=O)c2[nH]c3ccccc3c2-c2ccccc2Cl)c1. The highest BCUT2D eigenvalue weighted by Gasteiger charge is 2.20. The molecule has 0 aliphatic carbocycles. The molecule has 0 atom stereocenters. The third kappa shape index (κ3) is 5.39. The van der Waals surface area contributed by atoms with E-state index >= 15 is 0 Å². The monoisotopic (exact) mass is 585 g/mol. The number of hydrogen-bond acceptors (Lipinski definition) is 4. The molecule has 0 radical (unpaired) electrons. The van der Waals surface area contributed by atoms with E-state index < -0.39 is 11.9 Å². The molecule has 1 heterocycles. The van der Waals surface area contributed by atoms with Gasteiger partial charge in [-0.05, 0) is 49.4 Å². The Kier molecular flexibility index (Phi) is 7.40. The number of nitrogens with zero attached hydrogens (tertiary/aromatic N) is 1. The van der Waals surface area contributed by atoms with Gasteiger partial charge in [0.15, 0.2) is 0 Å². The number of benzene rings is 4. The molecule has 4 aromatic carbocycles. The van der Waals surface area contributed by atoms with Crippen molar-refractivity contribution in [2.24, 2.45) is 5.10 Å². The van der Waals surface area contributed by atoms with Crippen LogP contribution in [0, 0.1) is 6.92 Å². The molecule has 188 valence electrons. The van der Waals surface area contributed by atoms with Crippen LogP contribution in [0.2, 0.25) is 5.02 Å². The average Bonchev–Trinajstić information content (AvgIpc) is 3.30. The van der Waals surface area contributed by atoms with Crippen molar-refractivity contribution in [3.8, 4) is 16.9 Å². The first-order chi connectivity index (χ1) is 18.4. The third-order valence-electron chi connectivity index (χ3n) is 5.87. The molecule has 5 aromatic rings. The number of aromatic amines is 1. The quantitative estimate of drug-likeness (QED) is 0.0933. The summed E-state index contributed by atoms with van der Waals surface area (Å²) < 4.78 is 6.39. The van der Waals surface area contributed by atoms with Crippen LogP contribution in [0.25, 0.3) is 22.0 Å². The molecule has 0 fully saturated rings. The molecule has 0 saturated carbocycles. The van der Waals surface area contributed by atoms with Gasteiger partial charge in [-0.1, -0.05) is 81.6 Å². The maximum atomic E-state index is 13.3. The molecule has 0 saturated heterocycles. The molecule has 0 spiro atoms. The number of para-hydroxylation sites is 1. The summed E-state index contributed by atoms with van der Waals surface area (Å²) in [4.78, 5) is 29.1. The molecule has 6 nitrogen and oxygen atoms in total. The Morgan fingerprint density at radius 3 is 2.58 bits per heavy atom.